The van der Waals surface area contributed by atoms with Gasteiger partial charge in [-0.15, -0.1) is 0 Å². The van der Waals surface area contributed by atoms with Gasteiger partial charge >= 0.3 is 12.1 Å². The highest BCUT2D eigenvalue weighted by Gasteiger charge is 2.45. The smallest absolute Gasteiger partial charge is 0.362 e. The van der Waals surface area contributed by atoms with Gasteiger partial charge in [0.25, 0.3) is 5.91 Å². The molecule has 0 unspecified atom stereocenters. The average Bonchev–Trinajstić information content (AvgIpc) is 2.80. The number of rotatable bonds is 6. The molecule has 1 fully saturated rings. The molecule has 1 N–H and O–H groups in total. The van der Waals surface area contributed by atoms with E-state index in [1.54, 1.807) is 6.20 Å². The molecule has 13 heteroatoms. The number of carbonyl (C=O) groups excluding carboxylic acids is 2. The Hall–Kier alpha value is -2.79. The van der Waals surface area contributed by atoms with E-state index in [1.807, 2.05) is 25.9 Å². The third-order valence-corrected chi connectivity index (χ3v) is 6.22. The normalized spacial score (nSPS) is 17.9. The van der Waals surface area contributed by atoms with E-state index >= 15 is 0 Å². The van der Waals surface area contributed by atoms with Crippen molar-refractivity contribution >= 4 is 46.8 Å². The zero-order valence-corrected chi connectivity index (χ0v) is 21.4. The van der Waals surface area contributed by atoms with E-state index in [0.717, 1.165) is 11.4 Å². The van der Waals surface area contributed by atoms with Crippen LogP contribution in [0.4, 0.5) is 24.9 Å². The molecule has 0 spiro atoms. The lowest BCUT2D eigenvalue weighted by atomic mass is 9.85. The summed E-state index contributed by atoms with van der Waals surface area (Å²) in [6.45, 7) is 2.46. The van der Waals surface area contributed by atoms with Crippen LogP contribution in [-0.4, -0.2) is 59.8 Å². The Bertz CT molecular complexity index is 1090. The second-order valence-electron chi connectivity index (χ2n) is 8.82. The first-order valence-electron chi connectivity index (χ1n) is 11.2. The Labute approximate surface area is 216 Å². The van der Waals surface area contributed by atoms with E-state index < -0.39 is 24.1 Å². The fraction of sp³-hybridized carbons (Fsp3) is 0.478. The highest BCUT2D eigenvalue weighted by molar-refractivity contribution is 6.35. The first-order valence-corrected chi connectivity index (χ1v) is 11.9. The largest absolute Gasteiger partial charge is 0.493 e. The number of carbonyl (C=O) groups is 2. The molecule has 8 nitrogen and oxygen atoms in total. The van der Waals surface area contributed by atoms with Crippen LogP contribution in [0.2, 0.25) is 10.0 Å². The average molecular weight is 548 g/mol. The number of hydrogen-bond acceptors (Lipinski definition) is 7. The standard InChI is InChI=1S/C23H26Cl2F3N5O3/c1-13-11-29-22(31-19(13)32(2)3)30-12-14-4-6-18(7-5-14)33(36-21(35)23(26,27)28)20(34)15-8-16(24)10-17(25)9-15/h8-11,14,18H,4-7,12H2,1-3H3,(H,29,30,31). The molecule has 36 heavy (non-hydrogen) atoms. The second kappa shape index (κ2) is 11.5. The van der Waals surface area contributed by atoms with Crippen molar-refractivity contribution in [2.75, 3.05) is 30.9 Å². The Balaban J connectivity index is 1.68. The van der Waals surface area contributed by atoms with Crippen molar-refractivity contribution in [3.63, 3.8) is 0 Å². The van der Waals surface area contributed by atoms with Crippen molar-refractivity contribution < 1.29 is 27.6 Å². The van der Waals surface area contributed by atoms with Gasteiger partial charge in [-0.05, 0) is 56.7 Å². The van der Waals surface area contributed by atoms with Crippen LogP contribution >= 0.6 is 23.2 Å². The number of benzene rings is 1. The number of hydrogen-bond donors (Lipinski definition) is 1. The number of hydroxylamine groups is 2. The molecule has 1 aromatic carbocycles. The van der Waals surface area contributed by atoms with E-state index in [2.05, 4.69) is 20.1 Å². The maximum atomic E-state index is 13.0. The van der Waals surface area contributed by atoms with E-state index in [9.17, 15) is 22.8 Å². The van der Waals surface area contributed by atoms with E-state index in [-0.39, 0.29) is 21.5 Å². The number of amides is 1. The first-order chi connectivity index (χ1) is 16.8. The number of alkyl halides is 3. The van der Waals surface area contributed by atoms with Gasteiger partial charge in [0.15, 0.2) is 0 Å². The van der Waals surface area contributed by atoms with Crippen LogP contribution in [0, 0.1) is 12.8 Å². The highest BCUT2D eigenvalue weighted by Crippen LogP contribution is 2.31. The Kier molecular flexibility index (Phi) is 8.89. The number of aromatic nitrogens is 2. The van der Waals surface area contributed by atoms with Crippen molar-refractivity contribution in [3.8, 4) is 0 Å². The molecule has 1 saturated carbocycles. The van der Waals surface area contributed by atoms with Crippen LogP contribution in [0.25, 0.3) is 0 Å². The summed E-state index contributed by atoms with van der Waals surface area (Å²) >= 11 is 11.9. The van der Waals surface area contributed by atoms with Crippen molar-refractivity contribution in [2.45, 2.75) is 44.8 Å². The molecule has 1 amide bonds. The lowest BCUT2D eigenvalue weighted by molar-refractivity contribution is -0.235. The summed E-state index contributed by atoms with van der Waals surface area (Å²) in [4.78, 5) is 39.9. The first kappa shape index (κ1) is 27.8. The summed E-state index contributed by atoms with van der Waals surface area (Å²) in [7, 11) is 3.77. The van der Waals surface area contributed by atoms with Gasteiger partial charge in [-0.25, -0.2) is 9.78 Å². The van der Waals surface area contributed by atoms with Crippen LogP contribution < -0.4 is 10.2 Å². The van der Waals surface area contributed by atoms with Gasteiger partial charge in [0, 0.05) is 48.0 Å². The SMILES string of the molecule is Cc1cnc(NCC2CCC(N(OC(=O)C(F)(F)F)C(=O)c3cc(Cl)cc(Cl)c3)CC2)nc1N(C)C. The molecule has 3 rings (SSSR count). The molecule has 0 bridgehead atoms. The third-order valence-electron chi connectivity index (χ3n) is 5.79. The summed E-state index contributed by atoms with van der Waals surface area (Å²) in [6.07, 6.45) is -1.72. The van der Waals surface area contributed by atoms with Gasteiger partial charge in [0.2, 0.25) is 5.95 Å². The minimum Gasteiger partial charge on any atom is -0.362 e. The van der Waals surface area contributed by atoms with Gasteiger partial charge in [0.05, 0.1) is 6.04 Å². The van der Waals surface area contributed by atoms with Crippen molar-refractivity contribution in [2.24, 2.45) is 5.92 Å². The molecule has 0 radical (unpaired) electrons. The Morgan fingerprint density at radius 2 is 1.72 bits per heavy atom. The molecule has 0 saturated heterocycles. The second-order valence-corrected chi connectivity index (χ2v) is 9.69. The van der Waals surface area contributed by atoms with Gasteiger partial charge in [-0.1, -0.05) is 23.2 Å². The number of halogens is 5. The molecule has 2 aromatic rings. The van der Waals surface area contributed by atoms with Gasteiger partial charge in [-0.2, -0.15) is 23.2 Å². The molecular weight excluding hydrogens is 522 g/mol. The quantitative estimate of drug-likeness (QED) is 0.491. The third kappa shape index (κ3) is 7.13. The molecule has 0 atom stereocenters. The molecule has 1 aliphatic carbocycles. The van der Waals surface area contributed by atoms with E-state index in [4.69, 9.17) is 23.2 Å². The van der Waals surface area contributed by atoms with Crippen LogP contribution in [0.5, 0.6) is 0 Å². The Morgan fingerprint density at radius 1 is 1.11 bits per heavy atom. The summed E-state index contributed by atoms with van der Waals surface area (Å²) in [6, 6.07) is 3.14. The van der Waals surface area contributed by atoms with Crippen LogP contribution in [0.3, 0.4) is 0 Å². The van der Waals surface area contributed by atoms with Gasteiger partial charge < -0.3 is 15.1 Å². The minimum absolute atomic E-state index is 0.0838. The van der Waals surface area contributed by atoms with E-state index in [0.29, 0.717) is 43.2 Å². The molecule has 0 aliphatic heterocycles. The van der Waals surface area contributed by atoms with Crippen molar-refractivity contribution in [1.82, 2.24) is 15.0 Å². The van der Waals surface area contributed by atoms with Crippen LogP contribution in [0.1, 0.15) is 41.6 Å². The maximum absolute atomic E-state index is 13.0. The predicted molar refractivity (Wildman–Crippen MR) is 130 cm³/mol. The predicted octanol–water partition coefficient (Wildman–Crippen LogP) is 5.29. The number of nitrogens with one attached hydrogen (secondary N) is 1. The summed E-state index contributed by atoms with van der Waals surface area (Å²) in [5.41, 5.74) is 0.852. The summed E-state index contributed by atoms with van der Waals surface area (Å²) in [5.74, 6) is -1.98. The van der Waals surface area contributed by atoms with Crippen molar-refractivity contribution in [3.05, 3.63) is 45.6 Å². The molecule has 196 valence electrons. The van der Waals surface area contributed by atoms with E-state index in [1.165, 1.54) is 18.2 Å². The monoisotopic (exact) mass is 547 g/mol. The van der Waals surface area contributed by atoms with Crippen LogP contribution in [0.15, 0.2) is 24.4 Å². The Morgan fingerprint density at radius 3 is 2.28 bits per heavy atom. The number of anilines is 2. The summed E-state index contributed by atoms with van der Waals surface area (Å²) < 4.78 is 38.8. The lowest BCUT2D eigenvalue weighted by Crippen LogP contribution is -2.46. The zero-order chi connectivity index (χ0) is 26.6. The molecule has 1 aliphatic rings. The maximum Gasteiger partial charge on any atom is 0.493 e. The zero-order valence-electron chi connectivity index (χ0n) is 19.9. The fourth-order valence-corrected chi connectivity index (χ4v) is 4.54. The number of aryl methyl sites for hydroxylation is 1. The molecular formula is C23H26Cl2F3N5O3. The molecule has 1 heterocycles. The van der Waals surface area contributed by atoms with Gasteiger partial charge in [0.1, 0.15) is 5.82 Å². The van der Waals surface area contributed by atoms with Crippen molar-refractivity contribution in [1.29, 1.82) is 0 Å². The summed E-state index contributed by atoms with van der Waals surface area (Å²) in [5, 5.41) is 3.96. The highest BCUT2D eigenvalue weighted by atomic mass is 35.5. The molecule has 1 aromatic heterocycles. The topological polar surface area (TPSA) is 87.7 Å². The number of nitrogens with zero attached hydrogens (tertiary/aromatic N) is 4. The lowest BCUT2D eigenvalue weighted by Gasteiger charge is -2.35. The fourth-order valence-electron chi connectivity index (χ4n) is 4.02. The van der Waals surface area contributed by atoms with Gasteiger partial charge in [-0.3, -0.25) is 4.79 Å². The van der Waals surface area contributed by atoms with Crippen LogP contribution in [-0.2, 0) is 9.63 Å². The minimum atomic E-state index is -5.26.